The number of fused-ring (bicyclic) bond motifs is 1. The molecule has 0 saturated heterocycles. The highest BCUT2D eigenvalue weighted by molar-refractivity contribution is 6.38. The molecule has 20 heavy (non-hydrogen) atoms. The van der Waals surface area contributed by atoms with Crippen LogP contribution < -0.4 is 0 Å². The predicted octanol–water partition coefficient (Wildman–Crippen LogP) is 4.36. The van der Waals surface area contributed by atoms with Gasteiger partial charge in [0.1, 0.15) is 0 Å². The lowest BCUT2D eigenvalue weighted by Gasteiger charge is -2.19. The van der Waals surface area contributed by atoms with Gasteiger partial charge in [0, 0.05) is 11.6 Å². The van der Waals surface area contributed by atoms with Crippen LogP contribution in [0.25, 0.3) is 10.9 Å². The van der Waals surface area contributed by atoms with E-state index in [0.717, 1.165) is 10.9 Å². The van der Waals surface area contributed by atoms with Crippen molar-refractivity contribution in [3.63, 3.8) is 0 Å². The van der Waals surface area contributed by atoms with E-state index in [9.17, 15) is 4.79 Å². The molecule has 4 heteroatoms. The van der Waals surface area contributed by atoms with E-state index in [4.69, 9.17) is 16.3 Å². The fraction of sp³-hybridized carbons (Fsp3) is 0.375. The third-order valence-corrected chi connectivity index (χ3v) is 3.57. The monoisotopic (exact) mass is 291 g/mol. The Morgan fingerprint density at radius 2 is 2.05 bits per heavy atom. The Morgan fingerprint density at radius 1 is 1.35 bits per heavy atom. The van der Waals surface area contributed by atoms with Crippen LogP contribution in [0.4, 0.5) is 0 Å². The first kappa shape index (κ1) is 14.8. The van der Waals surface area contributed by atoms with Crippen LogP contribution in [0.2, 0.25) is 5.02 Å². The van der Waals surface area contributed by atoms with Crippen LogP contribution in [0.1, 0.15) is 43.6 Å². The maximum atomic E-state index is 11.8. The Hall–Kier alpha value is -1.61. The summed E-state index contributed by atoms with van der Waals surface area (Å²) < 4.78 is 4.97. The lowest BCUT2D eigenvalue weighted by Crippen LogP contribution is -2.11. The third-order valence-electron chi connectivity index (χ3n) is 3.16. The van der Waals surface area contributed by atoms with Gasteiger partial charge in [0.25, 0.3) is 0 Å². The largest absolute Gasteiger partial charge is 0.462 e. The lowest BCUT2D eigenvalue weighted by atomic mass is 9.86. The number of aromatic nitrogens is 1. The van der Waals surface area contributed by atoms with Gasteiger partial charge in [-0.15, -0.1) is 0 Å². The normalized spacial score (nSPS) is 11.7. The summed E-state index contributed by atoms with van der Waals surface area (Å²) in [7, 11) is 0. The Morgan fingerprint density at radius 3 is 2.65 bits per heavy atom. The van der Waals surface area contributed by atoms with Crippen molar-refractivity contribution in [2.45, 2.75) is 33.1 Å². The Kier molecular flexibility index (Phi) is 4.00. The van der Waals surface area contributed by atoms with Gasteiger partial charge >= 0.3 is 5.97 Å². The second-order valence-corrected chi connectivity index (χ2v) is 6.07. The highest BCUT2D eigenvalue weighted by atomic mass is 35.5. The first-order valence-electron chi connectivity index (χ1n) is 6.60. The van der Waals surface area contributed by atoms with Gasteiger partial charge in [-0.2, -0.15) is 0 Å². The number of hydrogen-bond acceptors (Lipinski definition) is 3. The van der Waals surface area contributed by atoms with E-state index in [1.807, 2.05) is 18.2 Å². The van der Waals surface area contributed by atoms with E-state index >= 15 is 0 Å². The van der Waals surface area contributed by atoms with Crippen molar-refractivity contribution in [2.24, 2.45) is 0 Å². The number of benzene rings is 1. The number of pyridine rings is 1. The van der Waals surface area contributed by atoms with Gasteiger partial charge in [0.15, 0.2) is 0 Å². The summed E-state index contributed by atoms with van der Waals surface area (Å²) in [4.78, 5) is 16.1. The molecule has 0 radical (unpaired) electrons. The zero-order valence-electron chi connectivity index (χ0n) is 12.2. The SMILES string of the molecule is CCOC(=O)c1cnc2cc(C(C)(C)C)ccc2c1Cl. The van der Waals surface area contributed by atoms with Crippen molar-refractivity contribution >= 4 is 28.5 Å². The molecule has 2 aromatic rings. The Labute approximate surface area is 123 Å². The highest BCUT2D eigenvalue weighted by Crippen LogP contribution is 2.30. The second-order valence-electron chi connectivity index (χ2n) is 5.69. The molecule has 0 bridgehead atoms. The van der Waals surface area contributed by atoms with Crippen LogP contribution in [-0.2, 0) is 10.2 Å². The van der Waals surface area contributed by atoms with Gasteiger partial charge in [-0.3, -0.25) is 4.98 Å². The summed E-state index contributed by atoms with van der Waals surface area (Å²) in [6.45, 7) is 8.50. The molecule has 0 atom stereocenters. The topological polar surface area (TPSA) is 39.2 Å². The quantitative estimate of drug-likeness (QED) is 0.772. The summed E-state index contributed by atoms with van der Waals surface area (Å²) in [5.74, 6) is -0.438. The number of nitrogens with zero attached hydrogens (tertiary/aromatic N) is 1. The number of carbonyl (C=O) groups excluding carboxylic acids is 1. The smallest absolute Gasteiger partial charge is 0.341 e. The molecule has 1 heterocycles. The molecule has 1 aromatic carbocycles. The van der Waals surface area contributed by atoms with Crippen molar-refractivity contribution in [1.82, 2.24) is 4.98 Å². The maximum absolute atomic E-state index is 11.8. The van der Waals surface area contributed by atoms with E-state index in [0.29, 0.717) is 17.2 Å². The summed E-state index contributed by atoms with van der Waals surface area (Å²) in [5.41, 5.74) is 2.32. The van der Waals surface area contributed by atoms with Gasteiger partial charge in [0.05, 0.1) is 22.7 Å². The van der Waals surface area contributed by atoms with Crippen LogP contribution in [0.15, 0.2) is 24.4 Å². The molecule has 0 unspecified atom stereocenters. The molecule has 0 N–H and O–H groups in total. The summed E-state index contributed by atoms with van der Waals surface area (Å²) >= 11 is 6.30. The average Bonchev–Trinajstić information content (AvgIpc) is 2.38. The third kappa shape index (κ3) is 2.78. The van der Waals surface area contributed by atoms with Crippen molar-refractivity contribution in [3.8, 4) is 0 Å². The Bertz CT molecular complexity index is 659. The fourth-order valence-corrected chi connectivity index (χ4v) is 2.26. The van der Waals surface area contributed by atoms with E-state index in [-0.39, 0.29) is 5.41 Å². The molecular formula is C16H18ClNO2. The summed E-state index contributed by atoms with van der Waals surface area (Å²) in [6.07, 6.45) is 1.48. The molecule has 1 aromatic heterocycles. The molecule has 0 amide bonds. The maximum Gasteiger partial charge on any atom is 0.341 e. The summed E-state index contributed by atoms with van der Waals surface area (Å²) in [6, 6.07) is 5.94. The molecule has 2 rings (SSSR count). The van der Waals surface area contributed by atoms with Crippen molar-refractivity contribution in [3.05, 3.63) is 40.5 Å². The highest BCUT2D eigenvalue weighted by Gasteiger charge is 2.18. The minimum absolute atomic E-state index is 0.0438. The van der Waals surface area contributed by atoms with E-state index < -0.39 is 5.97 Å². The first-order valence-corrected chi connectivity index (χ1v) is 6.98. The predicted molar refractivity (Wildman–Crippen MR) is 81.4 cm³/mol. The summed E-state index contributed by atoms with van der Waals surface area (Å²) in [5, 5.41) is 1.17. The molecule has 0 aliphatic carbocycles. The zero-order valence-corrected chi connectivity index (χ0v) is 12.9. The number of rotatable bonds is 2. The molecule has 106 valence electrons. The lowest BCUT2D eigenvalue weighted by molar-refractivity contribution is 0.0526. The van der Waals surface area contributed by atoms with Crippen molar-refractivity contribution < 1.29 is 9.53 Å². The van der Waals surface area contributed by atoms with Crippen molar-refractivity contribution in [2.75, 3.05) is 6.61 Å². The average molecular weight is 292 g/mol. The number of halogens is 1. The molecule has 0 saturated carbocycles. The van der Waals surface area contributed by atoms with Crippen LogP contribution in [0.3, 0.4) is 0 Å². The van der Waals surface area contributed by atoms with E-state index in [2.05, 4.69) is 25.8 Å². The number of esters is 1. The van der Waals surface area contributed by atoms with Gasteiger partial charge < -0.3 is 4.74 Å². The van der Waals surface area contributed by atoms with Gasteiger partial charge in [0.2, 0.25) is 0 Å². The fourth-order valence-electron chi connectivity index (χ4n) is 1.98. The van der Waals surface area contributed by atoms with Gasteiger partial charge in [-0.25, -0.2) is 4.79 Å². The van der Waals surface area contributed by atoms with Gasteiger partial charge in [-0.05, 0) is 24.0 Å². The Balaban J connectivity index is 2.55. The van der Waals surface area contributed by atoms with Crippen LogP contribution >= 0.6 is 11.6 Å². The van der Waals surface area contributed by atoms with E-state index in [1.54, 1.807) is 6.92 Å². The molecule has 0 spiro atoms. The molecular weight excluding hydrogens is 274 g/mol. The number of hydrogen-bond donors (Lipinski definition) is 0. The molecule has 0 aliphatic rings. The minimum atomic E-state index is -0.438. The van der Waals surface area contributed by atoms with Gasteiger partial charge in [-0.1, -0.05) is 44.5 Å². The molecule has 0 aliphatic heterocycles. The number of ether oxygens (including phenoxy) is 1. The van der Waals surface area contributed by atoms with Crippen LogP contribution in [0, 0.1) is 0 Å². The minimum Gasteiger partial charge on any atom is -0.462 e. The second kappa shape index (κ2) is 5.41. The zero-order chi connectivity index (χ0) is 14.9. The molecule has 3 nitrogen and oxygen atoms in total. The number of carbonyl (C=O) groups is 1. The molecule has 0 fully saturated rings. The standard InChI is InChI=1S/C16H18ClNO2/c1-5-20-15(19)12-9-18-13-8-10(16(2,3)4)6-7-11(13)14(12)17/h6-9H,5H2,1-4H3. The van der Waals surface area contributed by atoms with Crippen LogP contribution in [-0.4, -0.2) is 17.6 Å². The van der Waals surface area contributed by atoms with Crippen LogP contribution in [0.5, 0.6) is 0 Å². The van der Waals surface area contributed by atoms with E-state index in [1.165, 1.54) is 11.8 Å². The first-order chi connectivity index (χ1) is 9.34. The van der Waals surface area contributed by atoms with Crippen molar-refractivity contribution in [1.29, 1.82) is 0 Å².